The Labute approximate surface area is 114 Å². The van der Waals surface area contributed by atoms with Gasteiger partial charge in [-0.05, 0) is 18.1 Å². The maximum atomic E-state index is 12.2. The number of hydrogen-bond donors (Lipinski definition) is 2. The molecule has 104 valence electrons. The summed E-state index contributed by atoms with van der Waals surface area (Å²) in [6, 6.07) is 8.31. The first kappa shape index (κ1) is 14.0. The number of nitrogens with one attached hydrogen (secondary N) is 2. The Morgan fingerprint density at radius 1 is 1.42 bits per heavy atom. The van der Waals surface area contributed by atoms with Crippen LogP contribution in [-0.4, -0.2) is 39.3 Å². The van der Waals surface area contributed by atoms with Crippen molar-refractivity contribution < 1.29 is 9.53 Å². The third-order valence-electron chi connectivity index (χ3n) is 3.74. The van der Waals surface area contributed by atoms with E-state index in [1.54, 1.807) is 7.11 Å². The van der Waals surface area contributed by atoms with E-state index in [1.165, 1.54) is 11.1 Å². The van der Waals surface area contributed by atoms with Crippen molar-refractivity contribution >= 4 is 5.91 Å². The molecule has 1 amide bonds. The van der Waals surface area contributed by atoms with E-state index < -0.39 is 0 Å². The minimum atomic E-state index is 0.0120. The summed E-state index contributed by atoms with van der Waals surface area (Å²) in [4.78, 5) is 12.2. The van der Waals surface area contributed by atoms with Crippen LogP contribution in [0.1, 0.15) is 17.0 Å². The van der Waals surface area contributed by atoms with E-state index in [2.05, 4.69) is 29.7 Å². The van der Waals surface area contributed by atoms with Gasteiger partial charge in [0.2, 0.25) is 5.91 Å². The van der Waals surface area contributed by atoms with Gasteiger partial charge in [0.1, 0.15) is 0 Å². The monoisotopic (exact) mass is 262 g/mol. The summed E-state index contributed by atoms with van der Waals surface area (Å²) in [7, 11) is 1.64. The molecule has 1 aromatic carbocycles. The van der Waals surface area contributed by atoms with Gasteiger partial charge in [0, 0.05) is 32.7 Å². The highest BCUT2D eigenvalue weighted by atomic mass is 16.5. The fraction of sp³-hybridized carbons (Fsp3) is 0.533. The average molecular weight is 262 g/mol. The number of ether oxygens (including phenoxy) is 1. The number of carbonyl (C=O) groups is 1. The molecule has 1 heterocycles. The van der Waals surface area contributed by atoms with Gasteiger partial charge in [-0.2, -0.15) is 0 Å². The van der Waals surface area contributed by atoms with Crippen molar-refractivity contribution in [3.63, 3.8) is 0 Å². The largest absolute Gasteiger partial charge is 0.383 e. The third-order valence-corrected chi connectivity index (χ3v) is 3.74. The van der Waals surface area contributed by atoms with Crippen molar-refractivity contribution in [2.45, 2.75) is 12.8 Å². The van der Waals surface area contributed by atoms with Gasteiger partial charge in [0.25, 0.3) is 0 Å². The summed E-state index contributed by atoms with van der Waals surface area (Å²) in [5, 5.41) is 6.27. The van der Waals surface area contributed by atoms with Gasteiger partial charge in [0.15, 0.2) is 0 Å². The Morgan fingerprint density at radius 3 is 2.95 bits per heavy atom. The second-order valence-corrected chi connectivity index (χ2v) is 5.01. The summed E-state index contributed by atoms with van der Waals surface area (Å²) in [5.74, 6) is 0.400. The molecule has 0 bridgehead atoms. The number of rotatable bonds is 5. The average Bonchev–Trinajstić information content (AvgIpc) is 2.88. The van der Waals surface area contributed by atoms with Crippen molar-refractivity contribution in [1.29, 1.82) is 0 Å². The lowest BCUT2D eigenvalue weighted by atomic mass is 9.86. The van der Waals surface area contributed by atoms with Gasteiger partial charge in [-0.1, -0.05) is 24.3 Å². The van der Waals surface area contributed by atoms with E-state index >= 15 is 0 Å². The van der Waals surface area contributed by atoms with Crippen molar-refractivity contribution in [3.05, 3.63) is 35.4 Å². The van der Waals surface area contributed by atoms with Crippen LogP contribution < -0.4 is 10.6 Å². The smallest absolute Gasteiger partial charge is 0.225 e. The van der Waals surface area contributed by atoms with E-state index in [0.29, 0.717) is 13.2 Å². The van der Waals surface area contributed by atoms with Crippen LogP contribution in [0.25, 0.3) is 0 Å². The second-order valence-electron chi connectivity index (χ2n) is 5.01. The van der Waals surface area contributed by atoms with Crippen LogP contribution in [0.15, 0.2) is 24.3 Å². The van der Waals surface area contributed by atoms with E-state index in [-0.39, 0.29) is 17.7 Å². The van der Waals surface area contributed by atoms with E-state index in [9.17, 15) is 4.79 Å². The number of carbonyl (C=O) groups excluding carboxylic acids is 1. The molecule has 0 radical (unpaired) electrons. The first-order chi connectivity index (χ1) is 9.24. The zero-order chi connectivity index (χ0) is 13.7. The molecule has 19 heavy (non-hydrogen) atoms. The first-order valence-electron chi connectivity index (χ1n) is 6.77. The molecule has 1 fully saturated rings. The zero-order valence-corrected chi connectivity index (χ0v) is 11.6. The molecule has 0 aliphatic carbocycles. The molecule has 1 saturated heterocycles. The van der Waals surface area contributed by atoms with Crippen LogP contribution in [0.4, 0.5) is 0 Å². The second kappa shape index (κ2) is 6.68. The summed E-state index contributed by atoms with van der Waals surface area (Å²) < 4.78 is 4.96. The standard InChI is InChI=1S/C15H22N2O2/c1-11-5-3-4-6-12(11)13-9-16-10-14(13)15(18)17-7-8-19-2/h3-6,13-14,16H,7-10H2,1-2H3,(H,17,18). The van der Waals surface area contributed by atoms with Crippen molar-refractivity contribution in [1.82, 2.24) is 10.6 Å². The topological polar surface area (TPSA) is 50.4 Å². The Kier molecular flexibility index (Phi) is 4.93. The molecule has 2 N–H and O–H groups in total. The van der Waals surface area contributed by atoms with Crippen LogP contribution in [0.5, 0.6) is 0 Å². The summed E-state index contributed by atoms with van der Waals surface area (Å²) in [6.07, 6.45) is 0. The minimum absolute atomic E-state index is 0.0120. The number of benzene rings is 1. The van der Waals surface area contributed by atoms with Crippen LogP contribution in [0.2, 0.25) is 0 Å². The summed E-state index contributed by atoms with van der Waals surface area (Å²) in [5.41, 5.74) is 2.53. The highest BCUT2D eigenvalue weighted by Crippen LogP contribution is 2.30. The van der Waals surface area contributed by atoms with Crippen LogP contribution in [0, 0.1) is 12.8 Å². The maximum Gasteiger partial charge on any atom is 0.225 e. The van der Waals surface area contributed by atoms with Gasteiger partial charge in [-0.3, -0.25) is 4.79 Å². The molecular formula is C15H22N2O2. The first-order valence-corrected chi connectivity index (χ1v) is 6.77. The fourth-order valence-electron chi connectivity index (χ4n) is 2.69. The molecule has 4 heteroatoms. The van der Waals surface area contributed by atoms with Gasteiger partial charge in [-0.15, -0.1) is 0 Å². The maximum absolute atomic E-state index is 12.2. The molecule has 1 aliphatic rings. The Morgan fingerprint density at radius 2 is 2.21 bits per heavy atom. The van der Waals surface area contributed by atoms with Crippen LogP contribution in [0.3, 0.4) is 0 Å². The Bertz CT molecular complexity index is 434. The molecule has 1 aliphatic heterocycles. The van der Waals surface area contributed by atoms with E-state index in [4.69, 9.17) is 4.74 Å². The van der Waals surface area contributed by atoms with Crippen molar-refractivity contribution in [2.24, 2.45) is 5.92 Å². The quantitative estimate of drug-likeness (QED) is 0.780. The molecule has 4 nitrogen and oxygen atoms in total. The van der Waals surface area contributed by atoms with E-state index in [0.717, 1.165) is 13.1 Å². The van der Waals surface area contributed by atoms with Gasteiger partial charge in [0.05, 0.1) is 12.5 Å². The van der Waals surface area contributed by atoms with Crippen molar-refractivity contribution in [3.8, 4) is 0 Å². The highest BCUT2D eigenvalue weighted by Gasteiger charge is 2.34. The third kappa shape index (κ3) is 3.33. The van der Waals surface area contributed by atoms with E-state index in [1.807, 2.05) is 12.1 Å². The number of methoxy groups -OCH3 is 1. The Balaban J connectivity index is 2.05. The van der Waals surface area contributed by atoms with Crippen molar-refractivity contribution in [2.75, 3.05) is 33.4 Å². The molecule has 2 unspecified atom stereocenters. The summed E-state index contributed by atoms with van der Waals surface area (Å²) in [6.45, 7) is 4.85. The number of aryl methyl sites for hydroxylation is 1. The lowest BCUT2D eigenvalue weighted by Crippen LogP contribution is -2.36. The van der Waals surface area contributed by atoms with Gasteiger partial charge < -0.3 is 15.4 Å². The molecule has 0 saturated carbocycles. The number of amides is 1. The molecule has 0 spiro atoms. The minimum Gasteiger partial charge on any atom is -0.383 e. The Hall–Kier alpha value is -1.39. The predicted octanol–water partition coefficient (Wildman–Crippen LogP) is 1.06. The normalized spacial score (nSPS) is 22.4. The fourth-order valence-corrected chi connectivity index (χ4v) is 2.69. The van der Waals surface area contributed by atoms with Gasteiger partial charge in [-0.25, -0.2) is 0 Å². The summed E-state index contributed by atoms with van der Waals surface area (Å²) >= 11 is 0. The number of hydrogen-bond acceptors (Lipinski definition) is 3. The molecule has 0 aromatic heterocycles. The SMILES string of the molecule is COCCNC(=O)C1CNCC1c1ccccc1C. The lowest BCUT2D eigenvalue weighted by molar-refractivity contribution is -0.125. The van der Waals surface area contributed by atoms with Crippen LogP contribution >= 0.6 is 0 Å². The van der Waals surface area contributed by atoms with Crippen LogP contribution in [-0.2, 0) is 9.53 Å². The zero-order valence-electron chi connectivity index (χ0n) is 11.6. The molecular weight excluding hydrogens is 240 g/mol. The highest BCUT2D eigenvalue weighted by molar-refractivity contribution is 5.80. The predicted molar refractivity (Wildman–Crippen MR) is 75.2 cm³/mol. The lowest BCUT2D eigenvalue weighted by Gasteiger charge is -2.20. The van der Waals surface area contributed by atoms with Gasteiger partial charge >= 0.3 is 0 Å². The molecule has 2 rings (SSSR count). The molecule has 1 aromatic rings. The molecule has 2 atom stereocenters.